The molecule has 10 nitrogen and oxygen atoms in total. The Labute approximate surface area is 130 Å². The Morgan fingerprint density at radius 2 is 1.70 bits per heavy atom. The predicted octanol–water partition coefficient (Wildman–Crippen LogP) is 0.786. The number of ether oxygens (including phenoxy) is 4. The molecule has 1 aliphatic heterocycles. The van der Waals surface area contributed by atoms with Gasteiger partial charge in [-0.2, -0.15) is 0 Å². The number of hydrogen-bond acceptors (Lipinski definition) is 8. The van der Waals surface area contributed by atoms with Gasteiger partial charge in [-0.1, -0.05) is 5.11 Å². The van der Waals surface area contributed by atoms with Crippen LogP contribution in [-0.4, -0.2) is 55.2 Å². The molecule has 23 heavy (non-hydrogen) atoms. The molecule has 1 rings (SSSR count). The zero-order valence-electron chi connectivity index (χ0n) is 12.7. The summed E-state index contributed by atoms with van der Waals surface area (Å²) in [6.07, 6.45) is -6.09. The third-order valence-corrected chi connectivity index (χ3v) is 2.84. The van der Waals surface area contributed by atoms with Crippen LogP contribution in [0.5, 0.6) is 0 Å². The van der Waals surface area contributed by atoms with Crippen LogP contribution < -0.4 is 0 Å². The van der Waals surface area contributed by atoms with Crippen molar-refractivity contribution in [2.45, 2.75) is 51.5 Å². The minimum absolute atomic E-state index is 0.436. The van der Waals surface area contributed by atoms with Crippen LogP contribution in [0, 0.1) is 0 Å². The largest absolute Gasteiger partial charge is 0.463 e. The Bertz CT molecular complexity index is 523. The fourth-order valence-electron chi connectivity index (χ4n) is 2.05. The standard InChI is InChI=1S/C12H16FN3O7/c1-5(17)20-4-8-10(21-6(2)18)11(22-7(3)19)9(15-16-14)12(13)23-8/h8-12H,4H2,1-3H3/t8-,9-,10+,11-,12+/m1/s1. The highest BCUT2D eigenvalue weighted by Gasteiger charge is 2.50. The number of azide groups is 1. The maximum Gasteiger partial charge on any atom is 0.303 e. The van der Waals surface area contributed by atoms with Gasteiger partial charge in [-0.05, 0) is 5.53 Å². The summed E-state index contributed by atoms with van der Waals surface area (Å²) in [5.74, 6) is -2.22. The Morgan fingerprint density at radius 1 is 1.13 bits per heavy atom. The van der Waals surface area contributed by atoms with Gasteiger partial charge in [-0.3, -0.25) is 14.4 Å². The molecule has 0 amide bonds. The van der Waals surface area contributed by atoms with Crippen molar-refractivity contribution in [1.82, 2.24) is 0 Å². The first-order valence-electron chi connectivity index (χ1n) is 6.57. The van der Waals surface area contributed by atoms with E-state index in [1.807, 2.05) is 0 Å². The van der Waals surface area contributed by atoms with Gasteiger partial charge in [0.05, 0.1) is 0 Å². The summed E-state index contributed by atoms with van der Waals surface area (Å²) in [4.78, 5) is 35.8. The van der Waals surface area contributed by atoms with Gasteiger partial charge < -0.3 is 18.9 Å². The molecular formula is C12H16FN3O7. The van der Waals surface area contributed by atoms with E-state index in [-0.39, 0.29) is 0 Å². The molecule has 128 valence electrons. The monoisotopic (exact) mass is 333 g/mol. The van der Waals surface area contributed by atoms with E-state index >= 15 is 0 Å². The molecule has 1 heterocycles. The molecule has 0 aromatic carbocycles. The van der Waals surface area contributed by atoms with Gasteiger partial charge in [0.25, 0.3) is 0 Å². The number of halogens is 1. The summed E-state index contributed by atoms with van der Waals surface area (Å²) in [5, 5.41) is 3.19. The molecule has 0 unspecified atom stereocenters. The molecule has 0 aliphatic carbocycles. The van der Waals surface area contributed by atoms with Gasteiger partial charge in [0.1, 0.15) is 18.8 Å². The highest BCUT2D eigenvalue weighted by Crippen LogP contribution is 2.29. The highest BCUT2D eigenvalue weighted by atomic mass is 19.1. The van der Waals surface area contributed by atoms with Gasteiger partial charge in [0.2, 0.25) is 6.36 Å². The second-order valence-corrected chi connectivity index (χ2v) is 4.67. The Balaban J connectivity index is 3.11. The summed E-state index contributed by atoms with van der Waals surface area (Å²) in [6.45, 7) is 2.83. The summed E-state index contributed by atoms with van der Waals surface area (Å²) in [7, 11) is 0. The highest BCUT2D eigenvalue weighted by molar-refractivity contribution is 5.67. The van der Waals surface area contributed by atoms with Crippen molar-refractivity contribution in [2.24, 2.45) is 5.11 Å². The quantitative estimate of drug-likeness (QED) is 0.238. The van der Waals surface area contributed by atoms with Crippen LogP contribution in [0.4, 0.5) is 4.39 Å². The lowest BCUT2D eigenvalue weighted by atomic mass is 9.97. The maximum absolute atomic E-state index is 14.1. The molecule has 0 radical (unpaired) electrons. The first kappa shape index (κ1) is 18.7. The van der Waals surface area contributed by atoms with Crippen LogP contribution in [0.3, 0.4) is 0 Å². The first-order chi connectivity index (χ1) is 10.8. The van der Waals surface area contributed by atoms with Crippen LogP contribution in [0.15, 0.2) is 5.11 Å². The maximum atomic E-state index is 14.1. The SMILES string of the molecule is CC(=O)OC[C@H]1O[C@H](F)[C@H](N=[N+]=[N-])[C@@H](OC(C)=O)[C@H]1OC(C)=O. The minimum atomic E-state index is -2.14. The van der Waals surface area contributed by atoms with Crippen molar-refractivity contribution in [3.8, 4) is 0 Å². The number of alkyl halides is 1. The zero-order valence-corrected chi connectivity index (χ0v) is 12.7. The third kappa shape index (κ3) is 5.38. The van der Waals surface area contributed by atoms with Crippen molar-refractivity contribution < 1.29 is 37.7 Å². The van der Waals surface area contributed by atoms with Crippen LogP contribution in [-0.2, 0) is 33.3 Å². The zero-order chi connectivity index (χ0) is 17.6. The van der Waals surface area contributed by atoms with E-state index in [1.54, 1.807) is 0 Å². The van der Waals surface area contributed by atoms with E-state index in [2.05, 4.69) is 10.0 Å². The van der Waals surface area contributed by atoms with Gasteiger partial charge in [-0.25, -0.2) is 4.39 Å². The smallest absolute Gasteiger partial charge is 0.303 e. The van der Waals surface area contributed by atoms with Crippen molar-refractivity contribution >= 4 is 17.9 Å². The van der Waals surface area contributed by atoms with E-state index in [4.69, 9.17) is 24.5 Å². The van der Waals surface area contributed by atoms with Crippen molar-refractivity contribution in [3.63, 3.8) is 0 Å². The average Bonchev–Trinajstić information content (AvgIpc) is 2.42. The van der Waals surface area contributed by atoms with Crippen LogP contribution in [0.2, 0.25) is 0 Å². The molecule has 0 aromatic heterocycles. The van der Waals surface area contributed by atoms with Gasteiger partial charge in [-0.15, -0.1) is 0 Å². The van der Waals surface area contributed by atoms with Crippen molar-refractivity contribution in [3.05, 3.63) is 10.4 Å². The van der Waals surface area contributed by atoms with Gasteiger partial charge in [0.15, 0.2) is 12.2 Å². The van der Waals surface area contributed by atoms with Gasteiger partial charge in [0, 0.05) is 25.7 Å². The molecule has 11 heteroatoms. The molecule has 1 saturated heterocycles. The fourth-order valence-corrected chi connectivity index (χ4v) is 2.05. The molecule has 0 saturated carbocycles. The third-order valence-electron chi connectivity index (χ3n) is 2.84. The second kappa shape index (κ2) is 8.30. The molecule has 0 N–H and O–H groups in total. The lowest BCUT2D eigenvalue weighted by Gasteiger charge is -2.40. The van der Waals surface area contributed by atoms with Crippen molar-refractivity contribution in [2.75, 3.05) is 6.61 Å². The van der Waals surface area contributed by atoms with E-state index < -0.39 is 55.2 Å². The minimum Gasteiger partial charge on any atom is -0.463 e. The molecule has 5 atom stereocenters. The normalized spacial score (nSPS) is 29.8. The first-order valence-corrected chi connectivity index (χ1v) is 6.57. The lowest BCUT2D eigenvalue weighted by molar-refractivity contribution is -0.241. The predicted molar refractivity (Wildman–Crippen MR) is 70.4 cm³/mol. The van der Waals surface area contributed by atoms with E-state index in [0.717, 1.165) is 20.8 Å². The number of esters is 3. The van der Waals surface area contributed by atoms with Crippen LogP contribution in [0.25, 0.3) is 10.4 Å². The Morgan fingerprint density at radius 3 is 2.17 bits per heavy atom. The molecule has 0 spiro atoms. The molecule has 1 fully saturated rings. The fraction of sp³-hybridized carbons (Fsp3) is 0.750. The van der Waals surface area contributed by atoms with Crippen LogP contribution >= 0.6 is 0 Å². The average molecular weight is 333 g/mol. The lowest BCUT2D eigenvalue weighted by Crippen LogP contribution is -2.59. The Hall–Kier alpha value is -2.39. The molecule has 0 bridgehead atoms. The second-order valence-electron chi connectivity index (χ2n) is 4.67. The van der Waals surface area contributed by atoms with Crippen molar-refractivity contribution in [1.29, 1.82) is 0 Å². The van der Waals surface area contributed by atoms with E-state index in [0.29, 0.717) is 0 Å². The number of carbonyl (C=O) groups excluding carboxylic acids is 3. The number of carbonyl (C=O) groups is 3. The van der Waals surface area contributed by atoms with E-state index in [9.17, 15) is 18.8 Å². The number of hydrogen-bond donors (Lipinski definition) is 0. The summed E-state index contributed by atoms with van der Waals surface area (Å²) in [5.41, 5.74) is 8.52. The number of nitrogens with zero attached hydrogens (tertiary/aromatic N) is 3. The van der Waals surface area contributed by atoms with Gasteiger partial charge >= 0.3 is 17.9 Å². The summed E-state index contributed by atoms with van der Waals surface area (Å²) < 4.78 is 33.7. The molecule has 1 aliphatic rings. The van der Waals surface area contributed by atoms with E-state index in [1.165, 1.54) is 0 Å². The summed E-state index contributed by atoms with van der Waals surface area (Å²) in [6, 6.07) is -1.55. The molecular weight excluding hydrogens is 317 g/mol. The number of rotatable bonds is 5. The Kier molecular flexibility index (Phi) is 6.73. The van der Waals surface area contributed by atoms with Crippen LogP contribution in [0.1, 0.15) is 20.8 Å². The topological polar surface area (TPSA) is 137 Å². The summed E-state index contributed by atoms with van der Waals surface area (Å²) >= 11 is 0. The molecule has 0 aromatic rings.